The molecule has 3 aliphatic carbocycles. The van der Waals surface area contributed by atoms with Gasteiger partial charge < -0.3 is 24.6 Å². The minimum absolute atomic E-state index is 0.0378. The first-order valence-corrected chi connectivity index (χ1v) is 13.8. The van der Waals surface area contributed by atoms with Crippen molar-refractivity contribution in [2.75, 3.05) is 40.0 Å². The minimum atomic E-state index is -0.223. The summed E-state index contributed by atoms with van der Waals surface area (Å²) in [5.74, 6) is 5.61. The summed E-state index contributed by atoms with van der Waals surface area (Å²) in [5, 5.41) is 21.2. The average Bonchev–Trinajstić information content (AvgIpc) is 3.20. The lowest BCUT2D eigenvalue weighted by atomic mass is 9.51. The minimum Gasteiger partial charge on any atom is -0.508 e. The van der Waals surface area contributed by atoms with E-state index in [4.69, 9.17) is 15.9 Å². The summed E-state index contributed by atoms with van der Waals surface area (Å²) in [7, 11) is 2.05. The van der Waals surface area contributed by atoms with Gasteiger partial charge in [-0.25, -0.2) is 0 Å². The number of phenolic OH excluding ortho intramolecular Hbond substituents is 1. The number of aromatic hydroxyl groups is 1. The summed E-state index contributed by atoms with van der Waals surface area (Å²) in [4.78, 5) is 2.18. The highest BCUT2D eigenvalue weighted by atomic mass is 16.5. The summed E-state index contributed by atoms with van der Waals surface area (Å²) in [6.07, 6.45) is 10.2. The highest BCUT2D eigenvalue weighted by Crippen LogP contribution is 2.65. The van der Waals surface area contributed by atoms with Crippen LogP contribution in [-0.4, -0.2) is 61.2 Å². The van der Waals surface area contributed by atoms with Crippen LogP contribution in [0.1, 0.15) is 61.1 Å². The molecule has 2 saturated carbocycles. The maximum absolute atomic E-state index is 11.1. The molecule has 2 aromatic rings. The molecular formula is C32H41NO4. The fourth-order valence-corrected chi connectivity index (χ4v) is 7.59. The lowest BCUT2D eigenvalue weighted by Crippen LogP contribution is -2.47. The number of nitrogens with zero attached hydrogens (tertiary/aromatic N) is 1. The summed E-state index contributed by atoms with van der Waals surface area (Å²) < 4.78 is 11.4. The predicted octanol–water partition coefficient (Wildman–Crippen LogP) is 4.96. The van der Waals surface area contributed by atoms with Crippen molar-refractivity contribution in [2.45, 2.75) is 57.0 Å². The van der Waals surface area contributed by atoms with E-state index in [-0.39, 0.29) is 11.5 Å². The van der Waals surface area contributed by atoms with Crippen LogP contribution in [0.5, 0.6) is 11.5 Å². The molecule has 0 aliphatic heterocycles. The number of aliphatic hydroxyl groups excluding tert-OH is 1. The van der Waals surface area contributed by atoms with Crippen LogP contribution in [0, 0.1) is 29.6 Å². The second kappa shape index (κ2) is 11.1. The molecule has 6 atom stereocenters. The Morgan fingerprint density at radius 1 is 1.08 bits per heavy atom. The molecule has 37 heavy (non-hydrogen) atoms. The molecule has 0 bridgehead atoms. The summed E-state index contributed by atoms with van der Waals surface area (Å²) >= 11 is 0. The van der Waals surface area contributed by atoms with Crippen LogP contribution in [0.2, 0.25) is 0 Å². The van der Waals surface area contributed by atoms with Crippen LogP contribution in [0.25, 0.3) is 0 Å². The number of aryl methyl sites for hydroxylation is 1. The lowest BCUT2D eigenvalue weighted by Gasteiger charge is -2.54. The van der Waals surface area contributed by atoms with Crippen molar-refractivity contribution in [1.29, 1.82) is 0 Å². The molecule has 5 heteroatoms. The molecule has 5 nitrogen and oxygen atoms in total. The van der Waals surface area contributed by atoms with Crippen molar-refractivity contribution < 1.29 is 19.7 Å². The van der Waals surface area contributed by atoms with Crippen LogP contribution in [0.3, 0.4) is 0 Å². The molecule has 198 valence electrons. The number of hydrogen-bond acceptors (Lipinski definition) is 5. The maximum atomic E-state index is 11.1. The molecule has 2 N–H and O–H groups in total. The van der Waals surface area contributed by atoms with Gasteiger partial charge in [-0.05, 0) is 109 Å². The molecule has 0 aromatic heterocycles. The number of terminal acetylenes is 1. The van der Waals surface area contributed by atoms with Crippen LogP contribution in [-0.2, 0) is 11.2 Å². The van der Waals surface area contributed by atoms with Gasteiger partial charge in [0.1, 0.15) is 24.7 Å². The van der Waals surface area contributed by atoms with Gasteiger partial charge >= 0.3 is 0 Å². The van der Waals surface area contributed by atoms with Gasteiger partial charge in [-0.2, -0.15) is 0 Å². The SMILES string of the molecule is C#CCOCCN(C)CCOc1ccc([C@H]2C[C@@]3(C)C(CC[C@@H]3O)C3CCc4cc(O)ccc4C32)cc1. The van der Waals surface area contributed by atoms with Gasteiger partial charge in [0.25, 0.3) is 0 Å². The number of benzene rings is 2. The average molecular weight is 504 g/mol. The second-order valence-corrected chi connectivity index (χ2v) is 11.6. The van der Waals surface area contributed by atoms with E-state index in [0.29, 0.717) is 49.2 Å². The van der Waals surface area contributed by atoms with Gasteiger partial charge in [0, 0.05) is 13.1 Å². The van der Waals surface area contributed by atoms with E-state index in [1.807, 2.05) is 12.1 Å². The van der Waals surface area contributed by atoms with E-state index < -0.39 is 0 Å². The topological polar surface area (TPSA) is 62.2 Å². The molecule has 3 aliphatic rings. The Bertz CT molecular complexity index is 1110. The Kier molecular flexibility index (Phi) is 7.81. The van der Waals surface area contributed by atoms with Gasteiger partial charge in [-0.1, -0.05) is 31.0 Å². The molecule has 0 amide bonds. The Hall–Kier alpha value is -2.52. The summed E-state index contributed by atoms with van der Waals surface area (Å²) in [6.45, 7) is 5.55. The molecular weight excluding hydrogens is 462 g/mol. The maximum Gasteiger partial charge on any atom is 0.119 e. The first kappa shape index (κ1) is 26.1. The largest absolute Gasteiger partial charge is 0.508 e. The van der Waals surface area contributed by atoms with Crippen molar-refractivity contribution in [3.05, 3.63) is 59.2 Å². The first-order chi connectivity index (χ1) is 17.9. The molecule has 3 unspecified atom stereocenters. The smallest absolute Gasteiger partial charge is 0.119 e. The third-order valence-corrected chi connectivity index (χ3v) is 9.52. The first-order valence-electron chi connectivity index (χ1n) is 13.8. The van der Waals surface area contributed by atoms with Crippen molar-refractivity contribution >= 4 is 0 Å². The molecule has 5 rings (SSSR count). The molecule has 0 saturated heterocycles. The molecule has 2 aromatic carbocycles. The van der Waals surface area contributed by atoms with Crippen molar-refractivity contribution in [1.82, 2.24) is 4.90 Å². The summed E-state index contributed by atoms with van der Waals surface area (Å²) in [5.41, 5.74) is 3.98. The number of rotatable bonds is 9. The lowest BCUT2D eigenvalue weighted by molar-refractivity contribution is -0.0323. The normalized spacial score (nSPS) is 30.3. The fourth-order valence-electron chi connectivity index (χ4n) is 7.59. The highest BCUT2D eigenvalue weighted by molar-refractivity contribution is 5.43. The number of aliphatic hydroxyl groups is 1. The fraction of sp³-hybridized carbons (Fsp3) is 0.562. The van der Waals surface area contributed by atoms with Crippen molar-refractivity contribution in [3.8, 4) is 23.8 Å². The van der Waals surface area contributed by atoms with Crippen molar-refractivity contribution in [2.24, 2.45) is 17.3 Å². The zero-order valence-electron chi connectivity index (χ0n) is 22.2. The van der Waals surface area contributed by atoms with Crippen LogP contribution >= 0.6 is 0 Å². The van der Waals surface area contributed by atoms with E-state index in [9.17, 15) is 10.2 Å². The van der Waals surface area contributed by atoms with Gasteiger partial charge in [0.15, 0.2) is 0 Å². The van der Waals surface area contributed by atoms with Gasteiger partial charge in [0.2, 0.25) is 0 Å². The van der Waals surface area contributed by atoms with Crippen LogP contribution < -0.4 is 4.74 Å². The molecule has 0 radical (unpaired) electrons. The Morgan fingerprint density at radius 2 is 1.86 bits per heavy atom. The van der Waals surface area contributed by atoms with E-state index in [1.165, 1.54) is 16.7 Å². The third-order valence-electron chi connectivity index (χ3n) is 9.52. The zero-order chi connectivity index (χ0) is 26.0. The Balaban J connectivity index is 1.31. The van der Waals surface area contributed by atoms with Crippen LogP contribution in [0.15, 0.2) is 42.5 Å². The number of ether oxygens (including phenoxy) is 2. The van der Waals surface area contributed by atoms with E-state index in [1.54, 1.807) is 0 Å². The van der Waals surface area contributed by atoms with Gasteiger partial charge in [-0.3, -0.25) is 0 Å². The standard InChI is InChI=1S/C32H41NO4/c1-4-17-36-18-15-33(3)16-19-37-25-9-5-22(6-10-25)28-21-32(2)29(13-14-30(32)35)27-11-7-23-20-24(34)8-12-26(23)31(27)28/h1,5-6,8-10,12,20,27-31,34-35H,7,11,13-19,21H2,2-3H3/t27?,28-,29?,30+,31?,32+/m1/s1. The monoisotopic (exact) mass is 503 g/mol. The molecule has 0 spiro atoms. The molecule has 2 fully saturated rings. The van der Waals surface area contributed by atoms with Gasteiger partial charge in [-0.15, -0.1) is 6.42 Å². The van der Waals surface area contributed by atoms with E-state index in [2.05, 4.69) is 55.1 Å². The van der Waals surface area contributed by atoms with E-state index in [0.717, 1.165) is 50.9 Å². The van der Waals surface area contributed by atoms with Crippen LogP contribution in [0.4, 0.5) is 0 Å². The second-order valence-electron chi connectivity index (χ2n) is 11.6. The predicted molar refractivity (Wildman–Crippen MR) is 146 cm³/mol. The number of hydrogen-bond donors (Lipinski definition) is 2. The molecule has 0 heterocycles. The van der Waals surface area contributed by atoms with Crippen molar-refractivity contribution in [3.63, 3.8) is 0 Å². The van der Waals surface area contributed by atoms with E-state index >= 15 is 0 Å². The Labute approximate surface area is 221 Å². The zero-order valence-corrected chi connectivity index (χ0v) is 22.2. The highest BCUT2D eigenvalue weighted by Gasteiger charge is 2.57. The van der Waals surface area contributed by atoms with Gasteiger partial charge in [0.05, 0.1) is 12.7 Å². The Morgan fingerprint density at radius 3 is 2.65 bits per heavy atom. The quantitative estimate of drug-likeness (QED) is 0.374. The summed E-state index contributed by atoms with van der Waals surface area (Å²) in [6, 6.07) is 14.6. The number of phenols is 1. The third kappa shape index (κ3) is 5.25. The number of likely N-dealkylation sites (N-methyl/N-ethyl adjacent to an activating group) is 1. The number of fused-ring (bicyclic) bond motifs is 5.